The van der Waals surface area contributed by atoms with Gasteiger partial charge in [0.1, 0.15) is 12.2 Å². The van der Waals surface area contributed by atoms with E-state index < -0.39 is 12.2 Å². The first kappa shape index (κ1) is 11.6. The summed E-state index contributed by atoms with van der Waals surface area (Å²) in [5.41, 5.74) is 3.42. The molecule has 1 aliphatic carbocycles. The van der Waals surface area contributed by atoms with E-state index in [0.717, 1.165) is 32.9 Å². The van der Waals surface area contributed by atoms with E-state index in [4.69, 9.17) is 4.98 Å². The maximum atomic E-state index is 10.1. The van der Waals surface area contributed by atoms with Crippen molar-refractivity contribution in [3.8, 4) is 0 Å². The second-order valence-corrected chi connectivity index (χ2v) is 5.12. The van der Waals surface area contributed by atoms with E-state index in [1.165, 1.54) is 0 Å². The Kier molecular flexibility index (Phi) is 2.39. The predicted octanol–water partition coefficient (Wildman–Crippen LogP) is 2.81. The molecule has 98 valence electrons. The number of pyridine rings is 1. The standard InChI is InChI=1S/C17H13NO2/c19-15-8-7-12-13(17(15)20)6-5-11-9-10-3-1-2-4-14(10)18-16(11)12/h1-9,15,17,19-20H/t15-,17-/m1/s1. The highest BCUT2D eigenvalue weighted by Gasteiger charge is 2.23. The van der Waals surface area contributed by atoms with Gasteiger partial charge in [0.15, 0.2) is 0 Å². The number of aliphatic hydroxyl groups is 2. The second-order valence-electron chi connectivity index (χ2n) is 5.12. The lowest BCUT2D eigenvalue weighted by molar-refractivity contribution is 0.0471. The first-order valence-corrected chi connectivity index (χ1v) is 6.61. The molecule has 0 spiro atoms. The number of aliphatic hydroxyl groups excluding tert-OH is 2. The Morgan fingerprint density at radius 1 is 0.950 bits per heavy atom. The van der Waals surface area contributed by atoms with Crippen LogP contribution in [0.2, 0.25) is 0 Å². The molecule has 3 aromatic rings. The molecular formula is C17H13NO2. The number of nitrogens with zero attached hydrogens (tertiary/aromatic N) is 1. The van der Waals surface area contributed by atoms with Gasteiger partial charge in [0, 0.05) is 16.3 Å². The lowest BCUT2D eigenvalue weighted by Gasteiger charge is -2.22. The third-order valence-electron chi connectivity index (χ3n) is 3.86. The van der Waals surface area contributed by atoms with Gasteiger partial charge in [0.25, 0.3) is 0 Å². The predicted molar refractivity (Wildman–Crippen MR) is 79.2 cm³/mol. The summed E-state index contributed by atoms with van der Waals surface area (Å²) in [4.78, 5) is 4.71. The van der Waals surface area contributed by atoms with Gasteiger partial charge in [0.05, 0.1) is 11.0 Å². The van der Waals surface area contributed by atoms with Crippen LogP contribution in [-0.2, 0) is 0 Å². The second kappa shape index (κ2) is 4.13. The van der Waals surface area contributed by atoms with Crippen LogP contribution < -0.4 is 0 Å². The van der Waals surface area contributed by atoms with Gasteiger partial charge in [0.2, 0.25) is 0 Å². The normalized spacial score (nSPS) is 21.3. The van der Waals surface area contributed by atoms with E-state index in [-0.39, 0.29) is 0 Å². The molecule has 3 nitrogen and oxygen atoms in total. The highest BCUT2D eigenvalue weighted by molar-refractivity contribution is 5.97. The summed E-state index contributed by atoms with van der Waals surface area (Å²) in [6.07, 6.45) is 1.73. The Morgan fingerprint density at radius 2 is 1.80 bits per heavy atom. The molecule has 20 heavy (non-hydrogen) atoms. The maximum Gasteiger partial charge on any atom is 0.109 e. The SMILES string of the molecule is O[C@@H]1C=Cc2c(ccc3cc4ccccc4nc23)[C@H]1O. The Balaban J connectivity index is 2.10. The summed E-state index contributed by atoms with van der Waals surface area (Å²) in [6, 6.07) is 13.9. The molecule has 2 aromatic carbocycles. The molecule has 0 saturated heterocycles. The van der Waals surface area contributed by atoms with Gasteiger partial charge in [-0.05, 0) is 17.7 Å². The summed E-state index contributed by atoms with van der Waals surface area (Å²) in [5.74, 6) is 0. The van der Waals surface area contributed by atoms with Crippen LogP contribution in [0.4, 0.5) is 0 Å². The van der Waals surface area contributed by atoms with Gasteiger partial charge in [-0.25, -0.2) is 4.98 Å². The number of benzene rings is 2. The van der Waals surface area contributed by atoms with Crippen LogP contribution in [0.5, 0.6) is 0 Å². The van der Waals surface area contributed by atoms with Crippen molar-refractivity contribution in [1.82, 2.24) is 4.98 Å². The lowest BCUT2D eigenvalue weighted by atomic mass is 9.90. The molecule has 2 N–H and O–H groups in total. The fourth-order valence-corrected chi connectivity index (χ4v) is 2.80. The first-order chi connectivity index (χ1) is 9.74. The van der Waals surface area contributed by atoms with Crippen molar-refractivity contribution in [1.29, 1.82) is 0 Å². The third kappa shape index (κ3) is 1.57. The van der Waals surface area contributed by atoms with Gasteiger partial charge < -0.3 is 10.2 Å². The van der Waals surface area contributed by atoms with Crippen molar-refractivity contribution >= 4 is 27.9 Å². The zero-order chi connectivity index (χ0) is 13.7. The number of fused-ring (bicyclic) bond motifs is 4. The number of para-hydroxylation sites is 1. The highest BCUT2D eigenvalue weighted by Crippen LogP contribution is 2.33. The summed E-state index contributed by atoms with van der Waals surface area (Å²) in [6.45, 7) is 0. The minimum Gasteiger partial charge on any atom is -0.386 e. The number of hydrogen-bond acceptors (Lipinski definition) is 3. The molecule has 1 heterocycles. The molecule has 0 aliphatic heterocycles. The zero-order valence-corrected chi connectivity index (χ0v) is 10.7. The quantitative estimate of drug-likeness (QED) is 0.613. The van der Waals surface area contributed by atoms with Crippen LogP contribution in [0.15, 0.2) is 48.5 Å². The maximum absolute atomic E-state index is 10.1. The topological polar surface area (TPSA) is 53.4 Å². The minimum atomic E-state index is -0.882. The molecule has 0 amide bonds. The van der Waals surface area contributed by atoms with Crippen molar-refractivity contribution in [3.05, 3.63) is 59.7 Å². The van der Waals surface area contributed by atoms with Crippen LogP contribution in [-0.4, -0.2) is 21.3 Å². The van der Waals surface area contributed by atoms with Crippen molar-refractivity contribution in [2.24, 2.45) is 0 Å². The molecule has 4 rings (SSSR count). The number of rotatable bonds is 0. The average molecular weight is 263 g/mol. The molecule has 3 heteroatoms. The van der Waals surface area contributed by atoms with Crippen molar-refractivity contribution in [2.75, 3.05) is 0 Å². The molecule has 0 saturated carbocycles. The van der Waals surface area contributed by atoms with Gasteiger partial charge in [-0.3, -0.25) is 0 Å². The Hall–Kier alpha value is -2.23. The third-order valence-corrected chi connectivity index (χ3v) is 3.86. The fourth-order valence-electron chi connectivity index (χ4n) is 2.80. The van der Waals surface area contributed by atoms with Gasteiger partial charge in [-0.1, -0.05) is 42.5 Å². The zero-order valence-electron chi connectivity index (χ0n) is 10.7. The monoisotopic (exact) mass is 263 g/mol. The van der Waals surface area contributed by atoms with Crippen LogP contribution in [0.1, 0.15) is 17.2 Å². The van der Waals surface area contributed by atoms with Gasteiger partial charge >= 0.3 is 0 Å². The molecule has 0 radical (unpaired) electrons. The Bertz CT molecular complexity index is 854. The molecule has 0 unspecified atom stereocenters. The number of aromatic nitrogens is 1. The van der Waals surface area contributed by atoms with E-state index in [9.17, 15) is 10.2 Å². The van der Waals surface area contributed by atoms with Crippen LogP contribution >= 0.6 is 0 Å². The van der Waals surface area contributed by atoms with E-state index in [1.54, 1.807) is 6.08 Å². The summed E-state index contributed by atoms with van der Waals surface area (Å²) in [5, 5.41) is 21.9. The minimum absolute atomic E-state index is 0.732. The number of hydrogen-bond donors (Lipinski definition) is 2. The molecule has 0 fully saturated rings. The largest absolute Gasteiger partial charge is 0.386 e. The smallest absolute Gasteiger partial charge is 0.109 e. The van der Waals surface area contributed by atoms with Gasteiger partial charge in [-0.15, -0.1) is 0 Å². The summed E-state index contributed by atoms with van der Waals surface area (Å²) >= 11 is 0. The van der Waals surface area contributed by atoms with Crippen LogP contribution in [0.3, 0.4) is 0 Å². The van der Waals surface area contributed by atoms with E-state index >= 15 is 0 Å². The van der Waals surface area contributed by atoms with Crippen molar-refractivity contribution in [3.63, 3.8) is 0 Å². The van der Waals surface area contributed by atoms with Crippen molar-refractivity contribution < 1.29 is 10.2 Å². The summed E-state index contributed by atoms with van der Waals surface area (Å²) < 4.78 is 0. The Morgan fingerprint density at radius 3 is 2.70 bits per heavy atom. The molecule has 2 atom stereocenters. The van der Waals surface area contributed by atoms with E-state index in [1.807, 2.05) is 42.5 Å². The van der Waals surface area contributed by atoms with E-state index in [2.05, 4.69) is 6.07 Å². The fraction of sp³-hybridized carbons (Fsp3) is 0.118. The first-order valence-electron chi connectivity index (χ1n) is 6.61. The average Bonchev–Trinajstić information content (AvgIpc) is 2.48. The lowest BCUT2D eigenvalue weighted by Crippen LogP contribution is -2.19. The summed E-state index contributed by atoms with van der Waals surface area (Å²) in [7, 11) is 0. The molecular weight excluding hydrogens is 250 g/mol. The van der Waals surface area contributed by atoms with Gasteiger partial charge in [-0.2, -0.15) is 0 Å². The molecule has 0 bridgehead atoms. The van der Waals surface area contributed by atoms with Crippen LogP contribution in [0.25, 0.3) is 27.9 Å². The van der Waals surface area contributed by atoms with Crippen LogP contribution in [0, 0.1) is 0 Å². The molecule has 1 aromatic heterocycles. The van der Waals surface area contributed by atoms with E-state index in [0.29, 0.717) is 0 Å². The highest BCUT2D eigenvalue weighted by atomic mass is 16.3. The Labute approximate surface area is 115 Å². The van der Waals surface area contributed by atoms with Crippen molar-refractivity contribution in [2.45, 2.75) is 12.2 Å². The molecule has 1 aliphatic rings.